The first-order valence-electron chi connectivity index (χ1n) is 10.6. The Labute approximate surface area is 200 Å². The lowest BCUT2D eigenvalue weighted by atomic mass is 9.83. The van der Waals surface area contributed by atoms with Gasteiger partial charge >= 0.3 is 12.2 Å². The van der Waals surface area contributed by atoms with Crippen LogP contribution >= 0.6 is 0 Å². The van der Waals surface area contributed by atoms with Gasteiger partial charge in [0.1, 0.15) is 6.04 Å². The average Bonchev–Trinajstić information content (AvgIpc) is 2.77. The zero-order valence-corrected chi connectivity index (χ0v) is 19.6. The highest BCUT2D eigenvalue weighted by molar-refractivity contribution is 7.88. The Morgan fingerprint density at radius 2 is 1.80 bits per heavy atom. The molecule has 0 saturated carbocycles. The number of hydrogen-bond acceptors (Lipinski definition) is 5. The van der Waals surface area contributed by atoms with Crippen molar-refractivity contribution in [1.29, 1.82) is 5.26 Å². The molecule has 0 N–H and O–H groups in total. The summed E-state index contributed by atoms with van der Waals surface area (Å²) >= 11 is 0. The van der Waals surface area contributed by atoms with Gasteiger partial charge in [0.05, 0.1) is 29.1 Å². The topological polar surface area (TPSA) is 98.5 Å². The van der Waals surface area contributed by atoms with Crippen molar-refractivity contribution in [2.75, 3.05) is 11.2 Å². The summed E-state index contributed by atoms with van der Waals surface area (Å²) in [6.07, 6.45) is -3.22. The number of nitriles is 1. The first-order valence-corrected chi connectivity index (χ1v) is 12.5. The van der Waals surface area contributed by atoms with Gasteiger partial charge in [0.25, 0.3) is 0 Å². The van der Waals surface area contributed by atoms with E-state index in [1.54, 1.807) is 6.92 Å². The lowest BCUT2D eigenvalue weighted by Crippen LogP contribution is -2.54. The summed E-state index contributed by atoms with van der Waals surface area (Å²) in [5.41, 5.74) is 0.181. The molecule has 0 fully saturated rings. The molecule has 7 nitrogen and oxygen atoms in total. The van der Waals surface area contributed by atoms with Gasteiger partial charge in [-0.2, -0.15) is 18.4 Å². The van der Waals surface area contributed by atoms with Crippen LogP contribution < -0.4 is 4.90 Å². The molecule has 4 rings (SSSR count). The maximum absolute atomic E-state index is 13.7. The van der Waals surface area contributed by atoms with Gasteiger partial charge < -0.3 is 0 Å². The molecule has 0 spiro atoms. The third kappa shape index (κ3) is 4.30. The number of rotatable bonds is 3. The number of anilines is 1. The van der Waals surface area contributed by atoms with Crippen LogP contribution in [0.25, 0.3) is 0 Å². The van der Waals surface area contributed by atoms with E-state index < -0.39 is 39.6 Å². The predicted molar refractivity (Wildman–Crippen MR) is 121 cm³/mol. The summed E-state index contributed by atoms with van der Waals surface area (Å²) in [7, 11) is -4.29. The number of sulfonamides is 1. The van der Waals surface area contributed by atoms with E-state index in [0.29, 0.717) is 27.4 Å². The van der Waals surface area contributed by atoms with Crippen LogP contribution in [-0.4, -0.2) is 30.8 Å². The number of urea groups is 1. The SMILES string of the molecule is Cc1cc(C#N)ccc1C1C2=C(CCCC2=O)N(c2cccc(C(F)(F)F)c2)C(=O)N1S(C)(=O)=O. The summed E-state index contributed by atoms with van der Waals surface area (Å²) < 4.78 is 66.5. The van der Waals surface area contributed by atoms with E-state index in [2.05, 4.69) is 0 Å². The Kier molecular flexibility index (Phi) is 5.97. The van der Waals surface area contributed by atoms with Crippen molar-refractivity contribution >= 4 is 27.5 Å². The molecule has 0 aromatic heterocycles. The van der Waals surface area contributed by atoms with Crippen molar-refractivity contribution in [2.24, 2.45) is 0 Å². The molecule has 35 heavy (non-hydrogen) atoms. The molecule has 2 aromatic rings. The zero-order valence-electron chi connectivity index (χ0n) is 18.8. The number of nitrogens with zero attached hydrogens (tertiary/aromatic N) is 3. The number of carbonyl (C=O) groups excluding carboxylic acids is 2. The van der Waals surface area contributed by atoms with E-state index >= 15 is 0 Å². The normalized spacial score (nSPS) is 19.0. The van der Waals surface area contributed by atoms with Gasteiger partial charge in [-0.25, -0.2) is 17.5 Å². The third-order valence-electron chi connectivity index (χ3n) is 6.07. The molecule has 11 heteroatoms. The van der Waals surface area contributed by atoms with E-state index in [1.165, 1.54) is 24.3 Å². The Bertz CT molecular complexity index is 1420. The molecule has 1 unspecified atom stereocenters. The van der Waals surface area contributed by atoms with Crippen molar-refractivity contribution in [3.05, 3.63) is 76.0 Å². The van der Waals surface area contributed by atoms with E-state index in [1.807, 2.05) is 6.07 Å². The fourth-order valence-corrected chi connectivity index (χ4v) is 5.55. The van der Waals surface area contributed by atoms with Crippen molar-refractivity contribution < 1.29 is 31.2 Å². The van der Waals surface area contributed by atoms with E-state index in [-0.39, 0.29) is 29.8 Å². The van der Waals surface area contributed by atoms with Gasteiger partial charge in [-0.15, -0.1) is 0 Å². The molecule has 1 atom stereocenters. The zero-order chi connectivity index (χ0) is 25.7. The lowest BCUT2D eigenvalue weighted by molar-refractivity contribution is -0.137. The van der Waals surface area contributed by atoms with Crippen LogP contribution in [0.5, 0.6) is 0 Å². The average molecular weight is 504 g/mol. The van der Waals surface area contributed by atoms with Crippen LogP contribution in [0.4, 0.5) is 23.7 Å². The Balaban J connectivity index is 2.02. The molecule has 2 amide bonds. The Hall–Kier alpha value is -3.65. The van der Waals surface area contributed by atoms with E-state index in [0.717, 1.165) is 29.4 Å². The van der Waals surface area contributed by atoms with Crippen LogP contribution in [0.3, 0.4) is 0 Å². The monoisotopic (exact) mass is 503 g/mol. The van der Waals surface area contributed by atoms with E-state index in [9.17, 15) is 36.4 Å². The van der Waals surface area contributed by atoms with Crippen LogP contribution in [0.2, 0.25) is 0 Å². The number of alkyl halides is 3. The largest absolute Gasteiger partial charge is 0.416 e. The number of benzene rings is 2. The Morgan fingerprint density at radius 1 is 1.09 bits per heavy atom. The van der Waals surface area contributed by atoms with Gasteiger partial charge in [-0.3, -0.25) is 9.69 Å². The summed E-state index contributed by atoms with van der Waals surface area (Å²) in [4.78, 5) is 27.8. The van der Waals surface area contributed by atoms with E-state index in [4.69, 9.17) is 0 Å². The van der Waals surface area contributed by atoms with Crippen LogP contribution in [0, 0.1) is 18.3 Å². The number of carbonyl (C=O) groups is 2. The van der Waals surface area contributed by atoms with Crippen molar-refractivity contribution in [1.82, 2.24) is 4.31 Å². The molecule has 1 heterocycles. The molecule has 1 aliphatic carbocycles. The maximum atomic E-state index is 13.7. The summed E-state index contributed by atoms with van der Waals surface area (Å²) in [6.45, 7) is 1.63. The minimum Gasteiger partial charge on any atom is -0.294 e. The second-order valence-corrected chi connectivity index (χ2v) is 10.3. The van der Waals surface area contributed by atoms with Gasteiger partial charge in [0.15, 0.2) is 5.78 Å². The fraction of sp³-hybridized carbons (Fsp3) is 0.292. The molecular formula is C24H20F3N3O4S. The maximum Gasteiger partial charge on any atom is 0.416 e. The number of halogens is 3. The van der Waals surface area contributed by atoms with Crippen LogP contribution in [0.1, 0.15) is 47.6 Å². The first-order chi connectivity index (χ1) is 16.3. The van der Waals surface area contributed by atoms with Gasteiger partial charge in [-0.05, 0) is 61.2 Å². The highest BCUT2D eigenvalue weighted by Gasteiger charge is 2.48. The van der Waals surface area contributed by atoms with Crippen LogP contribution in [0.15, 0.2) is 53.7 Å². The summed E-state index contributed by atoms with van der Waals surface area (Å²) in [5, 5.41) is 9.20. The summed E-state index contributed by atoms with van der Waals surface area (Å²) in [5.74, 6) is -0.391. The lowest BCUT2D eigenvalue weighted by Gasteiger charge is -2.44. The molecule has 0 saturated heterocycles. The minimum atomic E-state index is -4.69. The smallest absolute Gasteiger partial charge is 0.294 e. The fourth-order valence-electron chi connectivity index (χ4n) is 4.59. The second kappa shape index (κ2) is 8.53. The number of Topliss-reactive ketones (excluding diaryl/α,β-unsaturated/α-hetero) is 1. The molecule has 0 radical (unpaired) electrons. The number of aryl methyl sites for hydroxylation is 1. The molecule has 2 aromatic carbocycles. The van der Waals surface area contributed by atoms with Crippen molar-refractivity contribution in [3.63, 3.8) is 0 Å². The second-order valence-electron chi connectivity index (χ2n) is 8.45. The molecule has 0 bridgehead atoms. The number of ketones is 1. The highest BCUT2D eigenvalue weighted by atomic mass is 32.2. The minimum absolute atomic E-state index is 0.0477. The molecule has 1 aliphatic heterocycles. The molecule has 182 valence electrons. The first kappa shape index (κ1) is 24.5. The predicted octanol–water partition coefficient (Wildman–Crippen LogP) is 4.84. The van der Waals surface area contributed by atoms with Gasteiger partial charge in [0, 0.05) is 17.7 Å². The Morgan fingerprint density at radius 3 is 2.40 bits per heavy atom. The number of allylic oxidation sites excluding steroid dienone is 1. The van der Waals surface area contributed by atoms with Crippen LogP contribution in [-0.2, 0) is 21.0 Å². The third-order valence-corrected chi connectivity index (χ3v) is 7.15. The molecule has 2 aliphatic rings. The quantitative estimate of drug-likeness (QED) is 0.597. The molecular weight excluding hydrogens is 483 g/mol. The van der Waals surface area contributed by atoms with Crippen molar-refractivity contribution in [2.45, 2.75) is 38.4 Å². The summed E-state index contributed by atoms with van der Waals surface area (Å²) in [6, 6.07) is 8.08. The highest BCUT2D eigenvalue weighted by Crippen LogP contribution is 2.46. The number of hydrogen-bond donors (Lipinski definition) is 0. The standard InChI is InChI=1S/C24H20F3N3O4S/c1-14-11-15(13-28)9-10-18(14)22-21-19(7-4-8-20(21)31)29(23(32)30(22)35(2,33)34)17-6-3-5-16(12-17)24(25,26)27/h3,5-6,9-12,22H,4,7-8H2,1-2H3. The number of amides is 2. The van der Waals surface area contributed by atoms with Gasteiger partial charge in [0.2, 0.25) is 10.0 Å². The van der Waals surface area contributed by atoms with Gasteiger partial charge in [-0.1, -0.05) is 12.1 Å². The van der Waals surface area contributed by atoms with Crippen molar-refractivity contribution in [3.8, 4) is 6.07 Å².